The zero-order valence-corrected chi connectivity index (χ0v) is 17.4. The third-order valence-electron chi connectivity index (χ3n) is 4.56. The van der Waals surface area contributed by atoms with Crippen LogP contribution in [0.2, 0.25) is 0 Å². The van der Waals surface area contributed by atoms with Crippen molar-refractivity contribution in [2.75, 3.05) is 6.61 Å². The van der Waals surface area contributed by atoms with Gasteiger partial charge in [-0.3, -0.25) is 0 Å². The van der Waals surface area contributed by atoms with Crippen LogP contribution < -0.4 is 4.74 Å². The number of hydrogen-bond acceptors (Lipinski definition) is 4. The fourth-order valence-corrected chi connectivity index (χ4v) is 3.54. The Morgan fingerprint density at radius 3 is 2.63 bits per heavy atom. The number of aromatic hydroxyl groups is 1. The first-order chi connectivity index (χ1) is 12.8. The molecule has 0 aliphatic carbocycles. The number of fused-ring (bicyclic) bond motifs is 1. The van der Waals surface area contributed by atoms with E-state index in [2.05, 4.69) is 22.0 Å². The van der Waals surface area contributed by atoms with Gasteiger partial charge < -0.3 is 19.1 Å². The fraction of sp³-hybridized carbons (Fsp3) is 0.286. The molecule has 142 valence electrons. The maximum atomic E-state index is 12.6. The van der Waals surface area contributed by atoms with Gasteiger partial charge in [-0.25, -0.2) is 4.79 Å². The van der Waals surface area contributed by atoms with Crippen molar-refractivity contribution in [1.82, 2.24) is 4.57 Å². The zero-order chi connectivity index (χ0) is 19.7. The lowest BCUT2D eigenvalue weighted by Crippen LogP contribution is -2.11. The standard InChI is InChI=1S/C21H22BrNO4/c1-5-26-21(25)20-14-9-18(24)15(22)10-16(14)23(4)17(20)11-27-19-7-6-12(2)8-13(19)3/h6-10,24H,5,11H2,1-4H3. The molecule has 5 nitrogen and oxygen atoms in total. The highest BCUT2D eigenvalue weighted by Crippen LogP contribution is 2.35. The van der Waals surface area contributed by atoms with Gasteiger partial charge in [-0.2, -0.15) is 0 Å². The highest BCUT2D eigenvalue weighted by Gasteiger charge is 2.24. The first-order valence-corrected chi connectivity index (χ1v) is 9.49. The molecule has 3 aromatic rings. The van der Waals surface area contributed by atoms with E-state index >= 15 is 0 Å². The highest BCUT2D eigenvalue weighted by molar-refractivity contribution is 9.10. The molecule has 0 bridgehead atoms. The second kappa shape index (κ2) is 7.64. The van der Waals surface area contributed by atoms with Gasteiger partial charge in [0.05, 0.1) is 27.9 Å². The molecule has 0 aliphatic rings. The number of phenols is 1. The number of nitrogens with zero attached hydrogens (tertiary/aromatic N) is 1. The summed E-state index contributed by atoms with van der Waals surface area (Å²) in [7, 11) is 1.87. The minimum Gasteiger partial charge on any atom is -0.507 e. The molecule has 27 heavy (non-hydrogen) atoms. The van der Waals surface area contributed by atoms with Gasteiger partial charge in [0.1, 0.15) is 18.1 Å². The third-order valence-corrected chi connectivity index (χ3v) is 5.20. The van der Waals surface area contributed by atoms with Crippen molar-refractivity contribution in [2.45, 2.75) is 27.4 Å². The molecular weight excluding hydrogens is 410 g/mol. The Bertz CT molecular complexity index is 1020. The van der Waals surface area contributed by atoms with E-state index in [1.165, 1.54) is 0 Å². The lowest BCUT2D eigenvalue weighted by atomic mass is 10.1. The summed E-state index contributed by atoms with van der Waals surface area (Å²) in [4.78, 5) is 12.6. The third kappa shape index (κ3) is 3.67. The summed E-state index contributed by atoms with van der Waals surface area (Å²) in [5.74, 6) is 0.411. The number of carbonyl (C=O) groups is 1. The van der Waals surface area contributed by atoms with E-state index in [9.17, 15) is 9.90 Å². The van der Waals surface area contributed by atoms with Gasteiger partial charge in [0, 0.05) is 12.4 Å². The Hall–Kier alpha value is -2.47. The van der Waals surface area contributed by atoms with Gasteiger partial charge in [-0.1, -0.05) is 17.7 Å². The molecule has 1 aromatic heterocycles. The molecule has 0 unspecified atom stereocenters. The van der Waals surface area contributed by atoms with Crippen LogP contribution in [0.4, 0.5) is 0 Å². The molecule has 0 saturated carbocycles. The van der Waals surface area contributed by atoms with Crippen LogP contribution in [0.1, 0.15) is 34.1 Å². The predicted molar refractivity (Wildman–Crippen MR) is 108 cm³/mol. The van der Waals surface area contributed by atoms with E-state index in [1.807, 2.05) is 37.6 Å². The normalized spacial score (nSPS) is 11.0. The Balaban J connectivity index is 2.08. The Labute approximate surface area is 166 Å². The average molecular weight is 432 g/mol. The van der Waals surface area contributed by atoms with Crippen molar-refractivity contribution < 1.29 is 19.4 Å². The van der Waals surface area contributed by atoms with Crippen LogP contribution in [-0.2, 0) is 18.4 Å². The summed E-state index contributed by atoms with van der Waals surface area (Å²) < 4.78 is 13.7. The number of aryl methyl sites for hydroxylation is 3. The maximum Gasteiger partial charge on any atom is 0.340 e. The maximum absolute atomic E-state index is 12.6. The number of halogens is 1. The number of aromatic nitrogens is 1. The van der Waals surface area contributed by atoms with Crippen LogP contribution >= 0.6 is 15.9 Å². The molecule has 3 rings (SSSR count). The van der Waals surface area contributed by atoms with Crippen LogP contribution in [0.3, 0.4) is 0 Å². The number of benzene rings is 2. The fourth-order valence-electron chi connectivity index (χ4n) is 3.21. The van der Waals surface area contributed by atoms with Crippen LogP contribution in [0, 0.1) is 13.8 Å². The second-order valence-corrected chi connectivity index (χ2v) is 7.33. The summed E-state index contributed by atoms with van der Waals surface area (Å²) in [5.41, 5.74) is 4.12. The van der Waals surface area contributed by atoms with Gasteiger partial charge in [0.25, 0.3) is 0 Å². The van der Waals surface area contributed by atoms with E-state index < -0.39 is 5.97 Å². The molecule has 0 spiro atoms. The highest BCUT2D eigenvalue weighted by atomic mass is 79.9. The average Bonchev–Trinajstić information content (AvgIpc) is 2.87. The lowest BCUT2D eigenvalue weighted by molar-refractivity contribution is 0.0525. The van der Waals surface area contributed by atoms with E-state index in [0.717, 1.165) is 22.4 Å². The molecule has 1 N–H and O–H groups in total. The number of esters is 1. The molecule has 2 aromatic carbocycles. The van der Waals surface area contributed by atoms with Gasteiger partial charge in [0.15, 0.2) is 0 Å². The number of ether oxygens (including phenoxy) is 2. The first kappa shape index (κ1) is 19.3. The molecule has 0 saturated heterocycles. The summed E-state index contributed by atoms with van der Waals surface area (Å²) >= 11 is 3.33. The van der Waals surface area contributed by atoms with Crippen molar-refractivity contribution in [3.05, 3.63) is 57.2 Å². The molecular formula is C21H22BrNO4. The van der Waals surface area contributed by atoms with E-state index in [-0.39, 0.29) is 19.0 Å². The van der Waals surface area contributed by atoms with E-state index in [4.69, 9.17) is 9.47 Å². The Morgan fingerprint density at radius 2 is 1.96 bits per heavy atom. The van der Waals surface area contributed by atoms with Crippen molar-refractivity contribution in [3.63, 3.8) is 0 Å². The molecule has 6 heteroatoms. The largest absolute Gasteiger partial charge is 0.507 e. The number of phenolic OH excluding ortho intramolecular Hbond substituents is 1. The zero-order valence-electron chi connectivity index (χ0n) is 15.8. The Morgan fingerprint density at radius 1 is 1.22 bits per heavy atom. The molecule has 0 amide bonds. The minimum absolute atomic E-state index is 0.0699. The van der Waals surface area contributed by atoms with Crippen LogP contribution in [0.15, 0.2) is 34.8 Å². The number of carbonyl (C=O) groups excluding carboxylic acids is 1. The van der Waals surface area contributed by atoms with Crippen molar-refractivity contribution in [3.8, 4) is 11.5 Å². The molecule has 0 atom stereocenters. The van der Waals surface area contributed by atoms with Crippen molar-refractivity contribution in [1.29, 1.82) is 0 Å². The van der Waals surface area contributed by atoms with Gasteiger partial charge in [-0.15, -0.1) is 0 Å². The quantitative estimate of drug-likeness (QED) is 0.576. The van der Waals surface area contributed by atoms with Gasteiger partial charge in [0.2, 0.25) is 0 Å². The number of rotatable bonds is 5. The molecule has 0 aliphatic heterocycles. The summed E-state index contributed by atoms with van der Waals surface area (Å²) in [6.45, 7) is 6.27. The first-order valence-electron chi connectivity index (χ1n) is 8.70. The SMILES string of the molecule is CCOC(=O)c1c(COc2ccc(C)cc2C)n(C)c2cc(Br)c(O)cc12. The summed E-state index contributed by atoms with van der Waals surface area (Å²) in [6, 6.07) is 9.34. The van der Waals surface area contributed by atoms with E-state index in [0.29, 0.717) is 21.1 Å². The summed E-state index contributed by atoms with van der Waals surface area (Å²) in [5, 5.41) is 10.7. The van der Waals surface area contributed by atoms with Gasteiger partial charge >= 0.3 is 5.97 Å². The second-order valence-electron chi connectivity index (χ2n) is 6.48. The summed E-state index contributed by atoms with van der Waals surface area (Å²) in [6.07, 6.45) is 0. The van der Waals surface area contributed by atoms with Gasteiger partial charge in [-0.05, 0) is 60.5 Å². The molecule has 0 radical (unpaired) electrons. The van der Waals surface area contributed by atoms with Crippen LogP contribution in [-0.4, -0.2) is 22.2 Å². The van der Waals surface area contributed by atoms with Crippen molar-refractivity contribution in [2.24, 2.45) is 7.05 Å². The Kier molecular flexibility index (Phi) is 5.46. The topological polar surface area (TPSA) is 60.7 Å². The van der Waals surface area contributed by atoms with Crippen molar-refractivity contribution >= 4 is 32.8 Å². The van der Waals surface area contributed by atoms with Crippen LogP contribution in [0.5, 0.6) is 11.5 Å². The van der Waals surface area contributed by atoms with E-state index in [1.54, 1.807) is 19.1 Å². The predicted octanol–water partition coefficient (Wildman–Crippen LogP) is 5.02. The number of hydrogen-bond donors (Lipinski definition) is 1. The molecule has 1 heterocycles. The molecule has 0 fully saturated rings. The monoisotopic (exact) mass is 431 g/mol. The lowest BCUT2D eigenvalue weighted by Gasteiger charge is -2.12. The van der Waals surface area contributed by atoms with Crippen LogP contribution in [0.25, 0.3) is 10.9 Å². The minimum atomic E-state index is -0.427. The smallest absolute Gasteiger partial charge is 0.340 e.